The second-order valence-corrected chi connectivity index (χ2v) is 3.79. The number of hydrogen-bond acceptors (Lipinski definition) is 5. The third-order valence-corrected chi connectivity index (χ3v) is 2.51. The Bertz CT molecular complexity index is 303. The van der Waals surface area contributed by atoms with Gasteiger partial charge in [-0.25, -0.2) is 0 Å². The lowest BCUT2D eigenvalue weighted by Crippen LogP contribution is -2.28. The monoisotopic (exact) mass is 211 g/mol. The van der Waals surface area contributed by atoms with Crippen LogP contribution in [0.1, 0.15) is 25.3 Å². The number of nitrogens with zero attached hydrogens (tertiary/aromatic N) is 3. The van der Waals surface area contributed by atoms with E-state index < -0.39 is 6.10 Å². The molecule has 0 unspecified atom stereocenters. The summed E-state index contributed by atoms with van der Waals surface area (Å²) >= 11 is 0. The lowest BCUT2D eigenvalue weighted by molar-refractivity contribution is 0.189. The largest absolute Gasteiger partial charge is 0.385 e. The molecule has 1 saturated heterocycles. The van der Waals surface area contributed by atoms with Crippen LogP contribution in [-0.4, -0.2) is 46.5 Å². The molecule has 6 nitrogen and oxygen atoms in total. The summed E-state index contributed by atoms with van der Waals surface area (Å²) < 4.78 is 0. The first kappa shape index (κ1) is 10.4. The van der Waals surface area contributed by atoms with Gasteiger partial charge in [0.05, 0.1) is 0 Å². The Labute approximate surface area is 88.7 Å². The van der Waals surface area contributed by atoms with Crippen molar-refractivity contribution in [3.05, 3.63) is 5.82 Å². The Kier molecular flexibility index (Phi) is 3.17. The Morgan fingerprint density at radius 1 is 1.40 bits per heavy atom. The van der Waals surface area contributed by atoms with E-state index in [1.54, 1.807) is 6.92 Å². The molecule has 0 radical (unpaired) electrons. The summed E-state index contributed by atoms with van der Waals surface area (Å²) in [6.45, 7) is 5.55. The molecule has 0 aromatic carbocycles. The van der Waals surface area contributed by atoms with Gasteiger partial charge in [0.2, 0.25) is 5.95 Å². The van der Waals surface area contributed by atoms with E-state index in [0.29, 0.717) is 11.8 Å². The molecule has 1 aromatic heterocycles. The van der Waals surface area contributed by atoms with Gasteiger partial charge in [0, 0.05) is 19.6 Å². The van der Waals surface area contributed by atoms with Crippen molar-refractivity contribution in [1.82, 2.24) is 20.5 Å². The van der Waals surface area contributed by atoms with Crippen LogP contribution in [0.3, 0.4) is 0 Å². The number of hydrogen-bond donors (Lipinski definition) is 3. The first-order valence-corrected chi connectivity index (χ1v) is 5.33. The maximum absolute atomic E-state index is 9.33. The molecule has 84 valence electrons. The molecule has 0 aliphatic carbocycles. The van der Waals surface area contributed by atoms with Crippen molar-refractivity contribution in [2.24, 2.45) is 0 Å². The van der Waals surface area contributed by atoms with Gasteiger partial charge in [-0.05, 0) is 19.9 Å². The van der Waals surface area contributed by atoms with E-state index in [-0.39, 0.29) is 0 Å². The Balaban J connectivity index is 2.06. The predicted octanol–water partition coefficient (Wildman–Crippen LogP) is -0.342. The zero-order valence-corrected chi connectivity index (χ0v) is 8.90. The molecule has 3 N–H and O–H groups in total. The van der Waals surface area contributed by atoms with Crippen molar-refractivity contribution in [1.29, 1.82) is 0 Å². The Morgan fingerprint density at radius 2 is 2.27 bits per heavy atom. The van der Waals surface area contributed by atoms with Crippen molar-refractivity contribution in [2.45, 2.75) is 19.4 Å². The van der Waals surface area contributed by atoms with E-state index in [0.717, 1.165) is 32.6 Å². The van der Waals surface area contributed by atoms with E-state index in [2.05, 4.69) is 25.4 Å². The summed E-state index contributed by atoms with van der Waals surface area (Å²) in [4.78, 5) is 6.38. The maximum atomic E-state index is 9.33. The second kappa shape index (κ2) is 4.59. The minimum atomic E-state index is -0.587. The number of aliphatic hydroxyl groups is 1. The first-order chi connectivity index (χ1) is 7.27. The summed E-state index contributed by atoms with van der Waals surface area (Å²) in [5.74, 6) is 1.22. The van der Waals surface area contributed by atoms with Crippen LogP contribution in [0.25, 0.3) is 0 Å². The lowest BCUT2D eigenvalue weighted by atomic mass is 10.4. The van der Waals surface area contributed by atoms with Crippen LogP contribution in [0, 0.1) is 0 Å². The third-order valence-electron chi connectivity index (χ3n) is 2.51. The van der Waals surface area contributed by atoms with Gasteiger partial charge < -0.3 is 15.3 Å². The van der Waals surface area contributed by atoms with Crippen LogP contribution in [0.15, 0.2) is 0 Å². The van der Waals surface area contributed by atoms with Crippen LogP contribution >= 0.6 is 0 Å². The number of rotatable bonds is 2. The molecule has 1 aliphatic rings. The van der Waals surface area contributed by atoms with Gasteiger partial charge in [0.1, 0.15) is 6.10 Å². The van der Waals surface area contributed by atoms with Crippen LogP contribution in [-0.2, 0) is 0 Å². The van der Waals surface area contributed by atoms with Gasteiger partial charge in [0.15, 0.2) is 5.82 Å². The summed E-state index contributed by atoms with van der Waals surface area (Å²) in [6, 6.07) is 0. The summed E-state index contributed by atoms with van der Waals surface area (Å²) in [5.41, 5.74) is 0. The topological polar surface area (TPSA) is 77.1 Å². The zero-order chi connectivity index (χ0) is 10.7. The van der Waals surface area contributed by atoms with Gasteiger partial charge in [-0.15, -0.1) is 5.10 Å². The molecule has 1 aromatic rings. The molecule has 1 aliphatic heterocycles. The van der Waals surface area contributed by atoms with Crippen LogP contribution in [0.2, 0.25) is 0 Å². The van der Waals surface area contributed by atoms with Crippen molar-refractivity contribution in [2.75, 3.05) is 31.1 Å². The lowest BCUT2D eigenvalue weighted by Gasteiger charge is -2.16. The molecule has 0 saturated carbocycles. The third kappa shape index (κ3) is 2.45. The second-order valence-electron chi connectivity index (χ2n) is 3.79. The van der Waals surface area contributed by atoms with Crippen molar-refractivity contribution in [3.63, 3.8) is 0 Å². The highest BCUT2D eigenvalue weighted by Crippen LogP contribution is 2.12. The minimum Gasteiger partial charge on any atom is -0.385 e. The number of H-pyrrole nitrogens is 1. The smallest absolute Gasteiger partial charge is 0.244 e. The van der Waals surface area contributed by atoms with Crippen LogP contribution < -0.4 is 10.2 Å². The molecule has 0 spiro atoms. The Morgan fingerprint density at radius 3 is 3.00 bits per heavy atom. The molecule has 0 bridgehead atoms. The standard InChI is InChI=1S/C9H17N5O/c1-7(15)8-11-9(13-12-8)14-5-2-3-10-4-6-14/h7,10,15H,2-6H2,1H3,(H,11,12,13)/t7-/m0/s1. The molecule has 1 atom stereocenters. The SMILES string of the molecule is C[C@H](O)c1nc(N2CCCNCC2)n[nH]1. The predicted molar refractivity (Wildman–Crippen MR) is 56.7 cm³/mol. The van der Waals surface area contributed by atoms with Crippen LogP contribution in [0.5, 0.6) is 0 Å². The van der Waals surface area contributed by atoms with Gasteiger partial charge >= 0.3 is 0 Å². The highest BCUT2D eigenvalue weighted by atomic mass is 16.3. The van der Waals surface area contributed by atoms with Gasteiger partial charge in [0.25, 0.3) is 0 Å². The number of nitrogens with one attached hydrogen (secondary N) is 2. The number of anilines is 1. The fourth-order valence-corrected chi connectivity index (χ4v) is 1.64. The number of aromatic nitrogens is 3. The molecule has 15 heavy (non-hydrogen) atoms. The van der Waals surface area contributed by atoms with E-state index in [9.17, 15) is 5.11 Å². The molecule has 2 heterocycles. The minimum absolute atomic E-state index is 0.530. The number of aromatic amines is 1. The quantitative estimate of drug-likeness (QED) is 0.623. The Hall–Kier alpha value is -1.14. The zero-order valence-electron chi connectivity index (χ0n) is 8.90. The van der Waals surface area contributed by atoms with Crippen molar-refractivity contribution >= 4 is 5.95 Å². The highest BCUT2D eigenvalue weighted by Gasteiger charge is 2.15. The van der Waals surface area contributed by atoms with Gasteiger partial charge in [-0.3, -0.25) is 5.10 Å². The number of aliphatic hydroxyl groups excluding tert-OH is 1. The van der Waals surface area contributed by atoms with E-state index in [4.69, 9.17) is 0 Å². The molecular formula is C9H17N5O. The summed E-state index contributed by atoms with van der Waals surface area (Å²) in [6.07, 6.45) is 0.509. The molecule has 2 rings (SSSR count). The van der Waals surface area contributed by atoms with E-state index in [1.807, 2.05) is 0 Å². The van der Waals surface area contributed by atoms with Crippen molar-refractivity contribution in [3.8, 4) is 0 Å². The van der Waals surface area contributed by atoms with Gasteiger partial charge in [-0.1, -0.05) is 0 Å². The normalized spacial score (nSPS) is 20.0. The maximum Gasteiger partial charge on any atom is 0.244 e. The molecular weight excluding hydrogens is 194 g/mol. The molecule has 0 amide bonds. The van der Waals surface area contributed by atoms with Crippen LogP contribution in [0.4, 0.5) is 5.95 Å². The molecule has 1 fully saturated rings. The average Bonchev–Trinajstić information content (AvgIpc) is 2.55. The van der Waals surface area contributed by atoms with E-state index in [1.165, 1.54) is 0 Å². The highest BCUT2D eigenvalue weighted by molar-refractivity contribution is 5.29. The summed E-state index contributed by atoms with van der Waals surface area (Å²) in [5, 5.41) is 19.5. The molecule has 6 heteroatoms. The van der Waals surface area contributed by atoms with Gasteiger partial charge in [-0.2, -0.15) is 4.98 Å². The summed E-state index contributed by atoms with van der Waals surface area (Å²) in [7, 11) is 0. The average molecular weight is 211 g/mol. The van der Waals surface area contributed by atoms with E-state index >= 15 is 0 Å². The fraction of sp³-hybridized carbons (Fsp3) is 0.778. The fourth-order valence-electron chi connectivity index (χ4n) is 1.64. The van der Waals surface area contributed by atoms with Crippen molar-refractivity contribution < 1.29 is 5.11 Å². The first-order valence-electron chi connectivity index (χ1n) is 5.33.